The van der Waals surface area contributed by atoms with E-state index in [2.05, 4.69) is 0 Å². The number of carboxylic acid groups (broad SMARTS) is 1. The first kappa shape index (κ1) is 10.2. The van der Waals surface area contributed by atoms with Crippen LogP contribution >= 0.6 is 0 Å². The zero-order valence-corrected chi connectivity index (χ0v) is 7.58. The van der Waals surface area contributed by atoms with Crippen molar-refractivity contribution in [3.8, 4) is 5.75 Å². The Kier molecular flexibility index (Phi) is 3.89. The molecule has 0 aliphatic heterocycles. The summed E-state index contributed by atoms with van der Waals surface area (Å²) in [6.07, 6.45) is 0. The van der Waals surface area contributed by atoms with E-state index in [0.717, 1.165) is 0 Å². The Morgan fingerprint density at radius 1 is 1.27 bits per heavy atom. The molecule has 0 heterocycles. The maximum Gasteiger partial charge on any atom is 0.339 e. The van der Waals surface area contributed by atoms with Gasteiger partial charge in [0, 0.05) is 22.4 Å². The Hall–Kier alpha value is -0.770. The monoisotopic (exact) mass is 335 g/mol. The van der Waals surface area contributed by atoms with E-state index in [1.54, 1.807) is 12.1 Å². The zero-order chi connectivity index (χ0) is 7.56. The van der Waals surface area contributed by atoms with Crippen LogP contribution in [0.15, 0.2) is 24.3 Å². The molecular weight excluding hydrogens is 329 g/mol. The Morgan fingerprint density at radius 2 is 1.82 bits per heavy atom. The fourth-order valence-corrected chi connectivity index (χ4v) is 0.654. The molecule has 2 N–H and O–H groups in total. The second kappa shape index (κ2) is 4.18. The number of aromatic carboxylic acids is 1. The first-order valence-electron chi connectivity index (χ1n) is 2.73. The van der Waals surface area contributed by atoms with Crippen LogP contribution in [0.3, 0.4) is 0 Å². The molecule has 0 aromatic heterocycles. The summed E-state index contributed by atoms with van der Waals surface area (Å²) in [5.41, 5.74) is -0.0671. The first-order valence-corrected chi connectivity index (χ1v) is 2.73. The number of hydrogen-bond donors (Lipinski definition) is 2. The van der Waals surface area contributed by atoms with Crippen LogP contribution in [0, 0.1) is 0 Å². The van der Waals surface area contributed by atoms with Gasteiger partial charge in [-0.3, -0.25) is 0 Å². The fraction of sp³-hybridized carbons (Fsp3) is 0. The predicted octanol–water partition coefficient (Wildman–Crippen LogP) is 1.09. The van der Waals surface area contributed by atoms with Gasteiger partial charge in [0.15, 0.2) is 0 Å². The molecule has 0 aliphatic rings. The minimum atomic E-state index is -1.11. The van der Waals surface area contributed by atoms with Gasteiger partial charge in [-0.2, -0.15) is 0 Å². The van der Waals surface area contributed by atoms with Gasteiger partial charge < -0.3 is 10.2 Å². The molecule has 1 radical (unpaired) electrons. The summed E-state index contributed by atoms with van der Waals surface area (Å²) in [7, 11) is 0. The van der Waals surface area contributed by atoms with Crippen LogP contribution in [0.1, 0.15) is 10.4 Å². The van der Waals surface area contributed by atoms with E-state index in [0.29, 0.717) is 0 Å². The van der Waals surface area contributed by atoms with Crippen molar-refractivity contribution in [1.29, 1.82) is 0 Å². The average molecular weight is 335 g/mol. The number of hydrogen-bond acceptors (Lipinski definition) is 2. The molecule has 0 amide bonds. The quantitative estimate of drug-likeness (QED) is 0.756. The van der Waals surface area contributed by atoms with Crippen molar-refractivity contribution >= 4 is 5.97 Å². The summed E-state index contributed by atoms with van der Waals surface area (Å²) in [6, 6.07) is 5.81. The number of carboxylic acids is 1. The van der Waals surface area contributed by atoms with E-state index in [4.69, 9.17) is 10.2 Å². The van der Waals surface area contributed by atoms with Crippen LogP contribution in [0.4, 0.5) is 0 Å². The standard InChI is InChI=1S/C7H6O3.Au/c8-6-4-2-1-3-5(6)7(9)10;/h1-4,8H,(H,9,10);. The molecule has 3 nitrogen and oxygen atoms in total. The van der Waals surface area contributed by atoms with Gasteiger partial charge in [-0.05, 0) is 12.1 Å². The maximum absolute atomic E-state index is 10.3. The molecule has 0 atom stereocenters. The van der Waals surface area contributed by atoms with Crippen LogP contribution in [0.2, 0.25) is 0 Å². The van der Waals surface area contributed by atoms with E-state index >= 15 is 0 Å². The van der Waals surface area contributed by atoms with Gasteiger partial charge in [-0.1, -0.05) is 12.1 Å². The molecule has 0 spiro atoms. The van der Waals surface area contributed by atoms with E-state index in [1.165, 1.54) is 12.1 Å². The molecule has 0 saturated heterocycles. The number of benzene rings is 1. The van der Waals surface area contributed by atoms with Crippen molar-refractivity contribution < 1.29 is 37.4 Å². The smallest absolute Gasteiger partial charge is 0.339 e. The number of carbonyl (C=O) groups is 1. The van der Waals surface area contributed by atoms with Gasteiger partial charge in [-0.25, -0.2) is 4.79 Å². The second-order valence-electron chi connectivity index (χ2n) is 1.82. The van der Waals surface area contributed by atoms with E-state index in [9.17, 15) is 4.79 Å². The molecule has 0 saturated carbocycles. The van der Waals surface area contributed by atoms with Crippen LogP contribution in [0.5, 0.6) is 5.75 Å². The molecule has 4 heteroatoms. The molecule has 1 aromatic rings. The normalized spacial score (nSPS) is 8.36. The van der Waals surface area contributed by atoms with E-state index in [-0.39, 0.29) is 33.7 Å². The number of phenols is 1. The number of rotatable bonds is 1. The third-order valence-electron chi connectivity index (χ3n) is 1.13. The minimum absolute atomic E-state index is 0. The Labute approximate surface area is 79.2 Å². The molecule has 0 fully saturated rings. The maximum atomic E-state index is 10.3. The van der Waals surface area contributed by atoms with Crippen LogP contribution in [-0.2, 0) is 22.4 Å². The molecule has 1 aromatic carbocycles. The fourth-order valence-electron chi connectivity index (χ4n) is 0.654. The summed E-state index contributed by atoms with van der Waals surface area (Å²) < 4.78 is 0. The zero-order valence-electron chi connectivity index (χ0n) is 5.41. The average Bonchev–Trinajstić information content (AvgIpc) is 1.88. The van der Waals surface area contributed by atoms with Crippen molar-refractivity contribution in [2.24, 2.45) is 0 Å². The van der Waals surface area contributed by atoms with Crippen LogP contribution < -0.4 is 0 Å². The summed E-state index contributed by atoms with van der Waals surface area (Å²) in [4.78, 5) is 10.3. The van der Waals surface area contributed by atoms with Crippen LogP contribution in [-0.4, -0.2) is 16.2 Å². The Balaban J connectivity index is 0.000001000. The molecule has 63 valence electrons. The molecule has 0 unspecified atom stereocenters. The summed E-state index contributed by atoms with van der Waals surface area (Å²) >= 11 is 0. The van der Waals surface area contributed by atoms with Crippen molar-refractivity contribution in [3.63, 3.8) is 0 Å². The van der Waals surface area contributed by atoms with Crippen LogP contribution in [0.25, 0.3) is 0 Å². The predicted molar refractivity (Wildman–Crippen MR) is 35.1 cm³/mol. The number of aromatic hydroxyl groups is 1. The van der Waals surface area contributed by atoms with E-state index in [1.807, 2.05) is 0 Å². The molecule has 0 aliphatic carbocycles. The number of para-hydroxylation sites is 1. The van der Waals surface area contributed by atoms with Gasteiger partial charge in [0.1, 0.15) is 11.3 Å². The third kappa shape index (κ3) is 2.38. The van der Waals surface area contributed by atoms with Crippen molar-refractivity contribution in [3.05, 3.63) is 29.8 Å². The van der Waals surface area contributed by atoms with Gasteiger partial charge >= 0.3 is 5.97 Å². The SMILES string of the molecule is O=C(O)c1ccccc1O.[Au]. The third-order valence-corrected chi connectivity index (χ3v) is 1.13. The van der Waals surface area contributed by atoms with Gasteiger partial charge in [0.05, 0.1) is 0 Å². The molecule has 1 rings (SSSR count). The molecular formula is C7H6AuO3. The van der Waals surface area contributed by atoms with Gasteiger partial charge in [-0.15, -0.1) is 0 Å². The summed E-state index contributed by atoms with van der Waals surface area (Å²) in [5, 5.41) is 17.3. The topological polar surface area (TPSA) is 57.5 Å². The Bertz CT molecular complexity index is 260. The first-order chi connectivity index (χ1) is 4.72. The largest absolute Gasteiger partial charge is 0.507 e. The van der Waals surface area contributed by atoms with Crippen molar-refractivity contribution in [2.45, 2.75) is 0 Å². The summed E-state index contributed by atoms with van der Waals surface area (Å²) in [6.45, 7) is 0. The van der Waals surface area contributed by atoms with Crippen molar-refractivity contribution in [2.75, 3.05) is 0 Å². The summed E-state index contributed by atoms with van der Waals surface area (Å²) in [5.74, 6) is -1.31. The van der Waals surface area contributed by atoms with Gasteiger partial charge in [0.25, 0.3) is 0 Å². The minimum Gasteiger partial charge on any atom is -0.507 e. The van der Waals surface area contributed by atoms with Gasteiger partial charge in [0.2, 0.25) is 0 Å². The molecule has 11 heavy (non-hydrogen) atoms. The Morgan fingerprint density at radius 3 is 2.18 bits per heavy atom. The molecule has 0 bridgehead atoms. The van der Waals surface area contributed by atoms with E-state index < -0.39 is 5.97 Å². The van der Waals surface area contributed by atoms with Crippen molar-refractivity contribution in [1.82, 2.24) is 0 Å². The second-order valence-corrected chi connectivity index (χ2v) is 1.82.